The summed E-state index contributed by atoms with van der Waals surface area (Å²) in [6.07, 6.45) is 12.3. The van der Waals surface area contributed by atoms with Crippen LogP contribution in [-0.4, -0.2) is 5.17 Å². The maximum absolute atomic E-state index is 5.58. The molecule has 0 heterocycles. The molecule has 1 aromatic rings. The molecule has 2 N–H and O–H groups in total. The number of rotatable bonds is 11. The Morgan fingerprint density at radius 1 is 0.955 bits per heavy atom. The minimum atomic E-state index is 0.109. The first-order valence-corrected chi connectivity index (χ1v) is 9.17. The molecule has 0 saturated heterocycles. The third kappa shape index (κ3) is 7.26. The molecule has 1 rings (SSSR count). The van der Waals surface area contributed by atoms with E-state index in [2.05, 4.69) is 26.0 Å². The Morgan fingerprint density at radius 3 is 2.18 bits per heavy atom. The number of ether oxygens (including phenoxy) is 1. The molecule has 3 heteroatoms. The van der Waals surface area contributed by atoms with E-state index in [9.17, 15) is 0 Å². The van der Waals surface area contributed by atoms with E-state index >= 15 is 0 Å². The minimum Gasteiger partial charge on any atom is -0.432 e. The van der Waals surface area contributed by atoms with E-state index in [-0.39, 0.29) is 5.17 Å². The molecule has 0 radical (unpaired) electrons. The van der Waals surface area contributed by atoms with Crippen molar-refractivity contribution >= 4 is 17.4 Å². The van der Waals surface area contributed by atoms with E-state index in [0.29, 0.717) is 0 Å². The van der Waals surface area contributed by atoms with Gasteiger partial charge in [-0.05, 0) is 55.1 Å². The smallest absolute Gasteiger partial charge is 0.259 e. The summed E-state index contributed by atoms with van der Waals surface area (Å²) < 4.78 is 5.58. The van der Waals surface area contributed by atoms with Gasteiger partial charge in [0.2, 0.25) is 0 Å². The average molecular weight is 322 g/mol. The van der Waals surface area contributed by atoms with Crippen LogP contribution in [0.15, 0.2) is 18.2 Å². The topological polar surface area (TPSA) is 35.2 Å². The fraction of sp³-hybridized carbons (Fsp3) is 0.632. The molecule has 0 aromatic heterocycles. The van der Waals surface area contributed by atoms with Crippen LogP contribution < -0.4 is 10.5 Å². The monoisotopic (exact) mass is 321 g/mol. The summed E-state index contributed by atoms with van der Waals surface area (Å²) in [7, 11) is 0. The number of hydrogen-bond acceptors (Lipinski definition) is 2. The summed E-state index contributed by atoms with van der Waals surface area (Å²) in [4.78, 5) is 0. The lowest BCUT2D eigenvalue weighted by Gasteiger charge is -2.15. The summed E-state index contributed by atoms with van der Waals surface area (Å²) in [5.74, 6) is 0.858. The average Bonchev–Trinajstić information content (AvgIpc) is 2.49. The summed E-state index contributed by atoms with van der Waals surface area (Å²) in [6.45, 7) is 4.49. The largest absolute Gasteiger partial charge is 0.432 e. The van der Waals surface area contributed by atoms with Gasteiger partial charge in [0.15, 0.2) is 0 Å². The summed E-state index contributed by atoms with van der Waals surface area (Å²) in [6, 6.07) is 6.27. The number of hydrogen-bond donors (Lipinski definition) is 1. The van der Waals surface area contributed by atoms with Crippen molar-refractivity contribution in [3.63, 3.8) is 0 Å². The van der Waals surface area contributed by atoms with Gasteiger partial charge in [-0.3, -0.25) is 0 Å². The van der Waals surface area contributed by atoms with E-state index in [1.807, 2.05) is 6.07 Å². The summed E-state index contributed by atoms with van der Waals surface area (Å²) in [5.41, 5.74) is 8.28. The SMILES string of the molecule is CCCCCCc1cccc(OC(N)=S)c1CCCCCC. The van der Waals surface area contributed by atoms with E-state index in [4.69, 9.17) is 22.7 Å². The number of nitrogens with two attached hydrogens (primary N) is 1. The first-order valence-electron chi connectivity index (χ1n) is 8.77. The van der Waals surface area contributed by atoms with Gasteiger partial charge in [0.1, 0.15) is 5.75 Å². The predicted octanol–water partition coefficient (Wildman–Crippen LogP) is 5.55. The first kappa shape index (κ1) is 19.0. The fourth-order valence-electron chi connectivity index (χ4n) is 2.80. The van der Waals surface area contributed by atoms with Gasteiger partial charge < -0.3 is 10.5 Å². The second-order valence-corrected chi connectivity index (χ2v) is 6.34. The van der Waals surface area contributed by atoms with Crippen molar-refractivity contribution in [1.29, 1.82) is 0 Å². The quantitative estimate of drug-likeness (QED) is 0.428. The third-order valence-electron chi connectivity index (χ3n) is 4.02. The highest BCUT2D eigenvalue weighted by Crippen LogP contribution is 2.26. The van der Waals surface area contributed by atoms with Crippen molar-refractivity contribution in [3.8, 4) is 5.75 Å². The van der Waals surface area contributed by atoms with Crippen molar-refractivity contribution in [2.45, 2.75) is 78.1 Å². The van der Waals surface area contributed by atoms with Gasteiger partial charge in [0, 0.05) is 0 Å². The van der Waals surface area contributed by atoms with E-state index in [1.165, 1.54) is 62.5 Å². The molecule has 124 valence electrons. The van der Waals surface area contributed by atoms with Crippen LogP contribution >= 0.6 is 12.2 Å². The molecule has 22 heavy (non-hydrogen) atoms. The number of benzene rings is 1. The second-order valence-electron chi connectivity index (χ2n) is 5.94. The lowest BCUT2D eigenvalue weighted by atomic mass is 9.96. The number of aryl methyl sites for hydroxylation is 1. The van der Waals surface area contributed by atoms with Crippen molar-refractivity contribution in [3.05, 3.63) is 29.3 Å². The molecule has 0 amide bonds. The molecule has 0 saturated carbocycles. The third-order valence-corrected chi connectivity index (χ3v) is 4.10. The van der Waals surface area contributed by atoms with E-state index in [0.717, 1.165) is 18.6 Å². The Hall–Kier alpha value is -1.09. The van der Waals surface area contributed by atoms with Crippen LogP contribution in [-0.2, 0) is 12.8 Å². The van der Waals surface area contributed by atoms with Gasteiger partial charge in [-0.1, -0.05) is 64.5 Å². The van der Waals surface area contributed by atoms with Gasteiger partial charge in [-0.25, -0.2) is 0 Å². The molecular formula is C19H31NOS. The van der Waals surface area contributed by atoms with Gasteiger partial charge >= 0.3 is 0 Å². The lowest BCUT2D eigenvalue weighted by Crippen LogP contribution is -2.17. The predicted molar refractivity (Wildman–Crippen MR) is 99.5 cm³/mol. The van der Waals surface area contributed by atoms with Crippen LogP contribution in [0, 0.1) is 0 Å². The Balaban J connectivity index is 2.75. The van der Waals surface area contributed by atoms with Gasteiger partial charge in [-0.2, -0.15) is 0 Å². The number of unbranched alkanes of at least 4 members (excludes halogenated alkanes) is 6. The Morgan fingerprint density at radius 2 is 1.59 bits per heavy atom. The Labute approximate surface area is 141 Å². The van der Waals surface area contributed by atoms with E-state index in [1.54, 1.807) is 0 Å². The molecule has 0 spiro atoms. The van der Waals surface area contributed by atoms with Crippen LogP contribution in [0.2, 0.25) is 0 Å². The van der Waals surface area contributed by atoms with Crippen LogP contribution in [0.5, 0.6) is 5.75 Å². The van der Waals surface area contributed by atoms with Crippen molar-refractivity contribution in [1.82, 2.24) is 0 Å². The maximum atomic E-state index is 5.58. The molecular weight excluding hydrogens is 290 g/mol. The minimum absolute atomic E-state index is 0.109. The highest BCUT2D eigenvalue weighted by Gasteiger charge is 2.10. The lowest BCUT2D eigenvalue weighted by molar-refractivity contribution is 0.541. The van der Waals surface area contributed by atoms with Crippen molar-refractivity contribution in [2.24, 2.45) is 5.73 Å². The molecule has 2 nitrogen and oxygen atoms in total. The Bertz CT molecular complexity index is 445. The molecule has 0 atom stereocenters. The molecule has 0 aliphatic rings. The van der Waals surface area contributed by atoms with Crippen molar-refractivity contribution < 1.29 is 4.74 Å². The van der Waals surface area contributed by atoms with Crippen LogP contribution in [0.4, 0.5) is 0 Å². The van der Waals surface area contributed by atoms with Crippen LogP contribution in [0.25, 0.3) is 0 Å². The zero-order chi connectivity index (χ0) is 16.2. The van der Waals surface area contributed by atoms with Crippen molar-refractivity contribution in [2.75, 3.05) is 0 Å². The van der Waals surface area contributed by atoms with Gasteiger partial charge in [0.05, 0.1) is 0 Å². The van der Waals surface area contributed by atoms with Crippen LogP contribution in [0.3, 0.4) is 0 Å². The fourth-order valence-corrected chi connectivity index (χ4v) is 2.89. The van der Waals surface area contributed by atoms with Gasteiger partial charge in [0.25, 0.3) is 5.17 Å². The zero-order valence-corrected chi connectivity index (χ0v) is 15.0. The second kappa shape index (κ2) is 11.5. The standard InChI is InChI=1S/C19H31NOS/c1-3-5-7-9-12-16-13-11-15-18(21-19(20)22)17(16)14-10-8-6-4-2/h11,13,15H,3-10,12,14H2,1-2H3,(H2,20,22). The highest BCUT2D eigenvalue weighted by atomic mass is 32.1. The highest BCUT2D eigenvalue weighted by molar-refractivity contribution is 7.80. The first-order chi connectivity index (χ1) is 10.7. The zero-order valence-electron chi connectivity index (χ0n) is 14.2. The molecule has 0 unspecified atom stereocenters. The summed E-state index contributed by atoms with van der Waals surface area (Å²) in [5, 5.41) is 0.109. The van der Waals surface area contributed by atoms with E-state index < -0.39 is 0 Å². The molecule has 0 fully saturated rings. The van der Waals surface area contributed by atoms with Gasteiger partial charge in [-0.15, -0.1) is 0 Å². The summed E-state index contributed by atoms with van der Waals surface area (Å²) >= 11 is 4.91. The molecule has 0 aliphatic carbocycles. The Kier molecular flexibility index (Phi) is 9.89. The maximum Gasteiger partial charge on any atom is 0.259 e. The molecule has 0 aliphatic heterocycles. The van der Waals surface area contributed by atoms with Crippen LogP contribution in [0.1, 0.15) is 76.3 Å². The normalized spacial score (nSPS) is 10.6. The number of thiocarbonyl (C=S) groups is 1. The molecule has 1 aromatic carbocycles. The molecule has 0 bridgehead atoms.